The van der Waals surface area contributed by atoms with Crippen molar-refractivity contribution in [2.75, 3.05) is 25.0 Å². The average Bonchev–Trinajstić information content (AvgIpc) is 3.22. The zero-order valence-corrected chi connectivity index (χ0v) is 14.7. The number of hydrogen-bond acceptors (Lipinski definition) is 4. The lowest BCUT2D eigenvalue weighted by atomic mass is 10.1. The number of nitriles is 1. The molecule has 0 bridgehead atoms. The lowest BCUT2D eigenvalue weighted by molar-refractivity contribution is 0.204. The fraction of sp³-hybridized carbons (Fsp3) is 0.350. The molecule has 6 heteroatoms. The summed E-state index contributed by atoms with van der Waals surface area (Å²) in [7, 11) is 0. The normalized spacial score (nSPS) is 21.4. The van der Waals surface area contributed by atoms with Gasteiger partial charge in [0.2, 0.25) is 0 Å². The molecule has 2 saturated heterocycles. The van der Waals surface area contributed by atoms with E-state index in [1.165, 1.54) is 0 Å². The highest BCUT2D eigenvalue weighted by Crippen LogP contribution is 2.31. The van der Waals surface area contributed by atoms with Crippen LogP contribution in [0, 0.1) is 24.3 Å². The summed E-state index contributed by atoms with van der Waals surface area (Å²) in [6.45, 7) is 4.13. The Kier molecular flexibility index (Phi) is 4.21. The first-order valence-electron chi connectivity index (χ1n) is 8.89. The Hall–Kier alpha value is -3.07. The Morgan fingerprint density at radius 1 is 1.27 bits per heavy atom. The maximum Gasteiger partial charge on any atom is 0.322 e. The highest BCUT2D eigenvalue weighted by Gasteiger charge is 2.43. The number of carbonyl (C=O) groups is 1. The van der Waals surface area contributed by atoms with E-state index in [1.807, 2.05) is 48.2 Å². The standard InChI is InChI=1S/C20H21N5O/c1-14-9-16(5-7-22-14)15-3-2-4-18(10-15)23-20(26)25-8-6-17-11-24(13-21)12-19(17)25/h2-5,7,9-10,17,19H,6,8,11-12H2,1H3,(H,23,26)/t17-,19+/m1/s1. The van der Waals surface area contributed by atoms with Crippen molar-refractivity contribution in [2.24, 2.45) is 5.92 Å². The first kappa shape index (κ1) is 16.4. The van der Waals surface area contributed by atoms with Gasteiger partial charge in [0.1, 0.15) is 0 Å². The van der Waals surface area contributed by atoms with Crippen LogP contribution in [0.2, 0.25) is 0 Å². The third kappa shape index (κ3) is 3.08. The van der Waals surface area contributed by atoms with Crippen molar-refractivity contribution in [3.05, 3.63) is 48.3 Å². The summed E-state index contributed by atoms with van der Waals surface area (Å²) in [5, 5.41) is 12.1. The summed E-state index contributed by atoms with van der Waals surface area (Å²) in [5.41, 5.74) is 3.86. The number of hydrogen-bond donors (Lipinski definition) is 1. The quantitative estimate of drug-likeness (QED) is 0.848. The van der Waals surface area contributed by atoms with Crippen LogP contribution in [-0.2, 0) is 0 Å². The third-order valence-electron chi connectivity index (χ3n) is 5.29. The summed E-state index contributed by atoms with van der Waals surface area (Å²) in [6, 6.07) is 11.9. The molecule has 2 fully saturated rings. The molecule has 0 saturated carbocycles. The first-order chi connectivity index (χ1) is 12.6. The Labute approximate surface area is 153 Å². The molecule has 2 atom stereocenters. The van der Waals surface area contributed by atoms with Gasteiger partial charge in [-0.1, -0.05) is 12.1 Å². The number of fused-ring (bicyclic) bond motifs is 1. The molecule has 2 aliphatic rings. The number of pyridine rings is 1. The van der Waals surface area contributed by atoms with Crippen LogP contribution in [-0.4, -0.2) is 46.5 Å². The second-order valence-electron chi connectivity index (χ2n) is 7.01. The number of likely N-dealkylation sites (tertiary alicyclic amines) is 2. The van der Waals surface area contributed by atoms with Crippen LogP contribution in [0.4, 0.5) is 10.5 Å². The van der Waals surface area contributed by atoms with Crippen LogP contribution >= 0.6 is 0 Å². The molecule has 6 nitrogen and oxygen atoms in total. The van der Waals surface area contributed by atoms with Crippen molar-refractivity contribution in [1.82, 2.24) is 14.8 Å². The van der Waals surface area contributed by atoms with Crippen molar-refractivity contribution in [3.63, 3.8) is 0 Å². The molecule has 2 amide bonds. The Balaban J connectivity index is 1.49. The van der Waals surface area contributed by atoms with Gasteiger partial charge in [-0.05, 0) is 48.7 Å². The molecule has 0 radical (unpaired) electrons. The van der Waals surface area contributed by atoms with Crippen LogP contribution < -0.4 is 5.32 Å². The van der Waals surface area contributed by atoms with Gasteiger partial charge < -0.3 is 15.1 Å². The first-order valence-corrected chi connectivity index (χ1v) is 8.89. The summed E-state index contributed by atoms with van der Waals surface area (Å²) >= 11 is 0. The molecule has 3 heterocycles. The minimum Gasteiger partial charge on any atom is -0.319 e. The number of carbonyl (C=O) groups excluding carboxylic acids is 1. The molecule has 0 aliphatic carbocycles. The smallest absolute Gasteiger partial charge is 0.319 e. The fourth-order valence-electron chi connectivity index (χ4n) is 3.99. The predicted octanol–water partition coefficient (Wildman–Crippen LogP) is 3.08. The van der Waals surface area contributed by atoms with Crippen LogP contribution in [0.15, 0.2) is 42.6 Å². The average molecular weight is 347 g/mol. The number of nitrogens with one attached hydrogen (secondary N) is 1. The van der Waals surface area contributed by atoms with Crippen LogP contribution in [0.25, 0.3) is 11.1 Å². The van der Waals surface area contributed by atoms with Crippen LogP contribution in [0.3, 0.4) is 0 Å². The number of anilines is 1. The van der Waals surface area contributed by atoms with Gasteiger partial charge in [-0.2, -0.15) is 5.26 Å². The molecule has 2 aromatic rings. The molecule has 1 N–H and O–H groups in total. The van der Waals surface area contributed by atoms with E-state index in [2.05, 4.69) is 16.5 Å². The number of nitrogens with zero attached hydrogens (tertiary/aromatic N) is 4. The van der Waals surface area contributed by atoms with Gasteiger partial charge >= 0.3 is 6.03 Å². The topological polar surface area (TPSA) is 72.3 Å². The second kappa shape index (κ2) is 6.68. The fourth-order valence-corrected chi connectivity index (χ4v) is 3.99. The van der Waals surface area contributed by atoms with E-state index in [4.69, 9.17) is 5.26 Å². The van der Waals surface area contributed by atoms with Crippen molar-refractivity contribution >= 4 is 11.7 Å². The van der Waals surface area contributed by atoms with Gasteiger partial charge in [-0.3, -0.25) is 4.98 Å². The zero-order valence-electron chi connectivity index (χ0n) is 14.7. The van der Waals surface area contributed by atoms with Crippen molar-refractivity contribution < 1.29 is 4.79 Å². The van der Waals surface area contributed by atoms with Gasteiger partial charge in [-0.25, -0.2) is 4.79 Å². The SMILES string of the molecule is Cc1cc(-c2cccc(NC(=O)N3CC[C@@H]4CN(C#N)C[C@@H]43)c2)ccn1. The van der Waals surface area contributed by atoms with E-state index in [1.54, 1.807) is 11.1 Å². The van der Waals surface area contributed by atoms with E-state index in [0.717, 1.165) is 42.0 Å². The molecule has 1 aromatic heterocycles. The molecule has 26 heavy (non-hydrogen) atoms. The number of aryl methyl sites for hydroxylation is 1. The van der Waals surface area contributed by atoms with E-state index < -0.39 is 0 Å². The summed E-state index contributed by atoms with van der Waals surface area (Å²) in [4.78, 5) is 20.6. The highest BCUT2D eigenvalue weighted by molar-refractivity contribution is 5.90. The lowest BCUT2D eigenvalue weighted by Gasteiger charge is -2.24. The van der Waals surface area contributed by atoms with Gasteiger partial charge in [0.25, 0.3) is 0 Å². The molecule has 1 aromatic carbocycles. The zero-order chi connectivity index (χ0) is 18.1. The lowest BCUT2D eigenvalue weighted by Crippen LogP contribution is -2.41. The molecular weight excluding hydrogens is 326 g/mol. The maximum absolute atomic E-state index is 12.8. The molecular formula is C20H21N5O. The number of benzene rings is 1. The highest BCUT2D eigenvalue weighted by atomic mass is 16.2. The number of rotatable bonds is 2. The Bertz CT molecular complexity index is 875. The molecule has 0 unspecified atom stereocenters. The van der Waals surface area contributed by atoms with Gasteiger partial charge in [0, 0.05) is 43.1 Å². The van der Waals surface area contributed by atoms with E-state index in [0.29, 0.717) is 12.5 Å². The van der Waals surface area contributed by atoms with Crippen molar-refractivity contribution in [2.45, 2.75) is 19.4 Å². The summed E-state index contributed by atoms with van der Waals surface area (Å²) in [5.74, 6) is 0.409. The summed E-state index contributed by atoms with van der Waals surface area (Å²) in [6.07, 6.45) is 4.96. The maximum atomic E-state index is 12.8. The third-order valence-corrected chi connectivity index (χ3v) is 5.29. The van der Waals surface area contributed by atoms with E-state index in [-0.39, 0.29) is 12.1 Å². The van der Waals surface area contributed by atoms with Gasteiger partial charge in [0.15, 0.2) is 6.19 Å². The number of amides is 2. The van der Waals surface area contributed by atoms with Crippen molar-refractivity contribution in [1.29, 1.82) is 5.26 Å². The van der Waals surface area contributed by atoms with Crippen LogP contribution in [0.1, 0.15) is 12.1 Å². The summed E-state index contributed by atoms with van der Waals surface area (Å²) < 4.78 is 0. The molecule has 4 rings (SSSR count). The molecule has 0 spiro atoms. The van der Waals surface area contributed by atoms with Gasteiger partial charge in [0.05, 0.1) is 6.04 Å². The molecule has 2 aliphatic heterocycles. The number of aromatic nitrogens is 1. The largest absolute Gasteiger partial charge is 0.322 e. The minimum absolute atomic E-state index is 0.0830. The Morgan fingerprint density at radius 3 is 2.92 bits per heavy atom. The van der Waals surface area contributed by atoms with Crippen LogP contribution in [0.5, 0.6) is 0 Å². The van der Waals surface area contributed by atoms with Gasteiger partial charge in [-0.15, -0.1) is 0 Å². The monoisotopic (exact) mass is 347 g/mol. The Morgan fingerprint density at radius 2 is 2.12 bits per heavy atom. The minimum atomic E-state index is -0.0830. The van der Waals surface area contributed by atoms with E-state index >= 15 is 0 Å². The predicted molar refractivity (Wildman–Crippen MR) is 99.2 cm³/mol. The van der Waals surface area contributed by atoms with E-state index in [9.17, 15) is 4.79 Å². The molecule has 132 valence electrons. The number of urea groups is 1. The second-order valence-corrected chi connectivity index (χ2v) is 7.01. The van der Waals surface area contributed by atoms with Crippen molar-refractivity contribution in [3.8, 4) is 17.3 Å².